The zero-order chi connectivity index (χ0) is 22.1. The number of nitrogens with one attached hydrogen (secondary N) is 1. The van der Waals surface area contributed by atoms with Gasteiger partial charge >= 0.3 is 0 Å². The number of methoxy groups -OCH3 is 1. The lowest BCUT2D eigenvalue weighted by molar-refractivity contribution is -0.119. The van der Waals surface area contributed by atoms with E-state index in [0.717, 1.165) is 12.8 Å². The lowest BCUT2D eigenvalue weighted by Crippen LogP contribution is -2.34. The molecule has 0 spiro atoms. The Morgan fingerprint density at radius 3 is 2.68 bits per heavy atom. The Hall–Kier alpha value is -2.64. The number of carbonyl (C=O) groups is 1. The molecule has 1 N–H and O–H groups in total. The van der Waals surface area contributed by atoms with E-state index < -0.39 is 0 Å². The van der Waals surface area contributed by atoms with Crippen LogP contribution < -0.4 is 10.9 Å². The molecule has 0 saturated carbocycles. The fourth-order valence-electron chi connectivity index (χ4n) is 3.37. The van der Waals surface area contributed by atoms with Gasteiger partial charge in [-0.15, -0.1) is 0 Å². The molecule has 0 aliphatic carbocycles. The van der Waals surface area contributed by atoms with Crippen molar-refractivity contribution in [2.75, 3.05) is 19.5 Å². The van der Waals surface area contributed by atoms with Crippen molar-refractivity contribution in [3.05, 3.63) is 70.5 Å². The van der Waals surface area contributed by atoms with Gasteiger partial charge in [-0.3, -0.25) is 14.2 Å². The molecule has 3 aromatic rings. The molecule has 1 unspecified atom stereocenters. The van der Waals surface area contributed by atoms with Crippen molar-refractivity contribution in [1.82, 2.24) is 14.9 Å². The SMILES string of the molecule is COCCCn1c(SCC(=O)NC(C)CCc2ccccc2)nc2ccccc2c1=O. The van der Waals surface area contributed by atoms with E-state index in [9.17, 15) is 9.59 Å². The number of hydrogen-bond donors (Lipinski definition) is 1. The van der Waals surface area contributed by atoms with E-state index in [1.54, 1.807) is 17.7 Å². The lowest BCUT2D eigenvalue weighted by atomic mass is 10.1. The Labute approximate surface area is 187 Å². The number of ether oxygens (including phenoxy) is 1. The minimum atomic E-state index is -0.0826. The van der Waals surface area contributed by atoms with E-state index in [4.69, 9.17) is 4.74 Å². The average molecular weight is 440 g/mol. The summed E-state index contributed by atoms with van der Waals surface area (Å²) >= 11 is 1.30. The van der Waals surface area contributed by atoms with Crippen molar-refractivity contribution >= 4 is 28.6 Å². The van der Waals surface area contributed by atoms with Gasteiger partial charge in [-0.25, -0.2) is 4.98 Å². The molecule has 0 aliphatic rings. The number of nitrogens with zero attached hydrogens (tertiary/aromatic N) is 2. The Balaban J connectivity index is 1.62. The van der Waals surface area contributed by atoms with Crippen LogP contribution in [-0.4, -0.2) is 41.0 Å². The van der Waals surface area contributed by atoms with Crippen LogP contribution in [0, 0.1) is 0 Å². The Kier molecular flexibility index (Phi) is 8.67. The van der Waals surface area contributed by atoms with Crippen LogP contribution in [0.2, 0.25) is 0 Å². The van der Waals surface area contributed by atoms with Gasteiger partial charge in [0, 0.05) is 26.3 Å². The van der Waals surface area contributed by atoms with E-state index in [0.29, 0.717) is 35.6 Å². The maximum Gasteiger partial charge on any atom is 0.262 e. The van der Waals surface area contributed by atoms with Crippen LogP contribution in [0.25, 0.3) is 10.9 Å². The number of hydrogen-bond acceptors (Lipinski definition) is 5. The fourth-order valence-corrected chi connectivity index (χ4v) is 4.21. The number of rotatable bonds is 11. The minimum Gasteiger partial charge on any atom is -0.385 e. The Morgan fingerprint density at radius 1 is 1.16 bits per heavy atom. The zero-order valence-electron chi connectivity index (χ0n) is 18.0. The minimum absolute atomic E-state index is 0.0589. The van der Waals surface area contributed by atoms with E-state index in [2.05, 4.69) is 22.4 Å². The van der Waals surface area contributed by atoms with E-state index in [1.807, 2.05) is 43.3 Å². The van der Waals surface area contributed by atoms with Gasteiger partial charge in [-0.1, -0.05) is 54.2 Å². The summed E-state index contributed by atoms with van der Waals surface area (Å²) in [6.45, 7) is 3.07. The highest BCUT2D eigenvalue weighted by atomic mass is 32.2. The van der Waals surface area contributed by atoms with E-state index >= 15 is 0 Å². The summed E-state index contributed by atoms with van der Waals surface area (Å²) in [6, 6.07) is 17.6. The predicted octanol–water partition coefficient (Wildman–Crippen LogP) is 3.66. The van der Waals surface area contributed by atoms with Gasteiger partial charge in [0.1, 0.15) is 0 Å². The van der Waals surface area contributed by atoms with Gasteiger partial charge in [0.05, 0.1) is 16.7 Å². The van der Waals surface area contributed by atoms with Gasteiger partial charge < -0.3 is 10.1 Å². The number of aromatic nitrogens is 2. The summed E-state index contributed by atoms with van der Waals surface area (Å²) in [7, 11) is 1.64. The number of benzene rings is 2. The molecule has 1 amide bonds. The third kappa shape index (κ3) is 6.67. The third-order valence-corrected chi connectivity index (χ3v) is 5.98. The van der Waals surface area contributed by atoms with Crippen LogP contribution in [0.15, 0.2) is 64.5 Å². The third-order valence-electron chi connectivity index (χ3n) is 5.01. The van der Waals surface area contributed by atoms with Gasteiger partial charge in [-0.2, -0.15) is 0 Å². The van der Waals surface area contributed by atoms with Crippen molar-refractivity contribution in [2.45, 2.75) is 43.9 Å². The summed E-state index contributed by atoms with van der Waals surface area (Å²) in [5.74, 6) is 0.154. The number of fused-ring (bicyclic) bond motifs is 1. The van der Waals surface area contributed by atoms with Gasteiger partial charge in [0.2, 0.25) is 5.91 Å². The van der Waals surface area contributed by atoms with Crippen LogP contribution in [0.5, 0.6) is 0 Å². The number of aryl methyl sites for hydroxylation is 1. The summed E-state index contributed by atoms with van der Waals surface area (Å²) in [6.07, 6.45) is 2.49. The molecule has 1 heterocycles. The first-order chi connectivity index (χ1) is 15.1. The highest BCUT2D eigenvalue weighted by Gasteiger charge is 2.14. The van der Waals surface area contributed by atoms with Crippen molar-refractivity contribution in [2.24, 2.45) is 0 Å². The van der Waals surface area contributed by atoms with E-state index in [1.165, 1.54) is 17.3 Å². The van der Waals surface area contributed by atoms with Gasteiger partial charge in [0.25, 0.3) is 5.56 Å². The van der Waals surface area contributed by atoms with Crippen LogP contribution in [-0.2, 0) is 22.5 Å². The standard InChI is InChI=1S/C24H29N3O3S/c1-18(13-14-19-9-4-3-5-10-19)25-22(28)17-31-24-26-21-12-7-6-11-20(21)23(29)27(24)15-8-16-30-2/h3-7,9-12,18H,8,13-17H2,1-2H3,(H,25,28). The number of para-hydroxylation sites is 1. The maximum atomic E-state index is 13.0. The number of carbonyl (C=O) groups excluding carboxylic acids is 1. The van der Waals surface area contributed by atoms with Crippen molar-refractivity contribution in [3.63, 3.8) is 0 Å². The number of amides is 1. The first kappa shape index (κ1) is 23.0. The van der Waals surface area contributed by atoms with Gasteiger partial charge in [-0.05, 0) is 43.9 Å². The topological polar surface area (TPSA) is 73.2 Å². The zero-order valence-corrected chi connectivity index (χ0v) is 18.9. The highest BCUT2D eigenvalue weighted by Crippen LogP contribution is 2.18. The quantitative estimate of drug-likeness (QED) is 0.280. The molecule has 7 heteroatoms. The lowest BCUT2D eigenvalue weighted by Gasteiger charge is -2.15. The van der Waals surface area contributed by atoms with Crippen LogP contribution in [0.3, 0.4) is 0 Å². The van der Waals surface area contributed by atoms with Crippen LogP contribution >= 0.6 is 11.8 Å². The maximum absolute atomic E-state index is 13.0. The predicted molar refractivity (Wildman–Crippen MR) is 126 cm³/mol. The molecular formula is C24H29N3O3S. The molecule has 2 aromatic carbocycles. The van der Waals surface area contributed by atoms with Crippen molar-refractivity contribution in [1.29, 1.82) is 0 Å². The smallest absolute Gasteiger partial charge is 0.262 e. The molecule has 0 aliphatic heterocycles. The molecule has 0 fully saturated rings. The molecule has 0 saturated heterocycles. The van der Waals surface area contributed by atoms with Crippen LogP contribution in [0.4, 0.5) is 0 Å². The summed E-state index contributed by atoms with van der Waals surface area (Å²) < 4.78 is 6.77. The highest BCUT2D eigenvalue weighted by molar-refractivity contribution is 7.99. The van der Waals surface area contributed by atoms with Crippen molar-refractivity contribution < 1.29 is 9.53 Å². The first-order valence-electron chi connectivity index (χ1n) is 10.5. The molecule has 31 heavy (non-hydrogen) atoms. The summed E-state index contributed by atoms with van der Waals surface area (Å²) in [4.78, 5) is 30.1. The molecule has 3 rings (SSSR count). The van der Waals surface area contributed by atoms with E-state index in [-0.39, 0.29) is 23.3 Å². The molecule has 0 bridgehead atoms. The molecule has 164 valence electrons. The molecule has 0 radical (unpaired) electrons. The average Bonchev–Trinajstić information content (AvgIpc) is 2.79. The fraction of sp³-hybridized carbons (Fsp3) is 0.375. The summed E-state index contributed by atoms with van der Waals surface area (Å²) in [5.41, 5.74) is 1.83. The number of thioether (sulfide) groups is 1. The molecule has 6 nitrogen and oxygen atoms in total. The normalized spacial score (nSPS) is 12.1. The molecule has 1 atom stereocenters. The largest absolute Gasteiger partial charge is 0.385 e. The second-order valence-electron chi connectivity index (χ2n) is 7.50. The first-order valence-corrected chi connectivity index (χ1v) is 11.5. The second kappa shape index (κ2) is 11.7. The van der Waals surface area contributed by atoms with Crippen molar-refractivity contribution in [3.8, 4) is 0 Å². The molecular weight excluding hydrogens is 410 g/mol. The molecule has 1 aromatic heterocycles. The monoisotopic (exact) mass is 439 g/mol. The van der Waals surface area contributed by atoms with Gasteiger partial charge in [0.15, 0.2) is 5.16 Å². The van der Waals surface area contributed by atoms with Crippen LogP contribution in [0.1, 0.15) is 25.3 Å². The Bertz CT molecular complexity index is 1050. The summed E-state index contributed by atoms with van der Waals surface area (Å²) in [5, 5.41) is 4.20. The Morgan fingerprint density at radius 2 is 1.90 bits per heavy atom. The second-order valence-corrected chi connectivity index (χ2v) is 8.44.